The average molecular weight is 286 g/mol. The molecule has 1 N–H and O–H groups in total. The van der Waals surface area contributed by atoms with Gasteiger partial charge in [0, 0.05) is 18.4 Å². The van der Waals surface area contributed by atoms with Crippen LogP contribution >= 0.6 is 0 Å². The first-order valence-corrected chi connectivity index (χ1v) is 7.28. The lowest BCUT2D eigenvalue weighted by molar-refractivity contribution is -0.123. The van der Waals surface area contributed by atoms with Gasteiger partial charge in [-0.05, 0) is 57.4 Å². The topological polar surface area (TPSA) is 69.0 Å². The molecule has 1 amide bonds. The molecule has 2 atom stereocenters. The molecule has 1 heterocycles. The van der Waals surface area contributed by atoms with Gasteiger partial charge in [0.1, 0.15) is 5.54 Å². The molecule has 1 aromatic heterocycles. The van der Waals surface area contributed by atoms with Crippen molar-refractivity contribution in [2.24, 2.45) is 5.92 Å². The van der Waals surface area contributed by atoms with E-state index < -0.39 is 5.54 Å². The maximum absolute atomic E-state index is 12.2. The number of nitrogens with zero attached hydrogens (tertiary/aromatic N) is 3. The van der Waals surface area contributed by atoms with Crippen LogP contribution in [0.4, 0.5) is 0 Å². The summed E-state index contributed by atoms with van der Waals surface area (Å²) in [4.78, 5) is 18.1. The number of rotatable bonds is 6. The van der Waals surface area contributed by atoms with Crippen molar-refractivity contribution in [2.75, 3.05) is 13.6 Å². The zero-order valence-corrected chi connectivity index (χ0v) is 12.8. The number of amides is 1. The normalized spacial score (nSPS) is 18.6. The predicted octanol–water partition coefficient (Wildman–Crippen LogP) is 1.88. The van der Waals surface area contributed by atoms with Crippen LogP contribution in [0, 0.1) is 17.2 Å². The number of hydrogen-bond acceptors (Lipinski definition) is 4. The molecule has 1 aliphatic carbocycles. The summed E-state index contributed by atoms with van der Waals surface area (Å²) < 4.78 is 0. The third kappa shape index (κ3) is 3.79. The highest BCUT2D eigenvalue weighted by atomic mass is 16.2. The molecule has 2 unspecified atom stereocenters. The Morgan fingerprint density at radius 2 is 2.19 bits per heavy atom. The number of aromatic nitrogens is 1. The van der Waals surface area contributed by atoms with Crippen LogP contribution in [0.1, 0.15) is 38.3 Å². The lowest BCUT2D eigenvalue weighted by Gasteiger charge is -2.27. The van der Waals surface area contributed by atoms with Crippen LogP contribution in [0.3, 0.4) is 0 Å². The van der Waals surface area contributed by atoms with Gasteiger partial charge in [-0.1, -0.05) is 0 Å². The summed E-state index contributed by atoms with van der Waals surface area (Å²) in [6.07, 6.45) is 5.54. The van der Waals surface area contributed by atoms with E-state index in [0.29, 0.717) is 5.92 Å². The monoisotopic (exact) mass is 286 g/mol. The fraction of sp³-hybridized carbons (Fsp3) is 0.562. The van der Waals surface area contributed by atoms with Crippen LogP contribution in [0.2, 0.25) is 0 Å². The number of likely N-dealkylation sites (N-methyl/N-ethyl adjacent to an activating group) is 1. The van der Waals surface area contributed by atoms with E-state index in [-0.39, 0.29) is 18.5 Å². The van der Waals surface area contributed by atoms with Gasteiger partial charge in [0.2, 0.25) is 5.91 Å². The van der Waals surface area contributed by atoms with Crippen LogP contribution < -0.4 is 5.32 Å². The summed E-state index contributed by atoms with van der Waals surface area (Å²) in [5.41, 5.74) is 0.392. The second-order valence-electron chi connectivity index (χ2n) is 6.01. The minimum atomic E-state index is -0.724. The maximum Gasteiger partial charge on any atom is 0.235 e. The zero-order chi connectivity index (χ0) is 15.5. The van der Waals surface area contributed by atoms with Crippen LogP contribution in [0.25, 0.3) is 0 Å². The summed E-state index contributed by atoms with van der Waals surface area (Å²) in [6, 6.07) is 6.26. The summed E-state index contributed by atoms with van der Waals surface area (Å²) in [5, 5.41) is 12.2. The van der Waals surface area contributed by atoms with E-state index in [4.69, 9.17) is 0 Å². The molecule has 5 nitrogen and oxygen atoms in total. The van der Waals surface area contributed by atoms with Crippen molar-refractivity contribution >= 4 is 5.91 Å². The molecule has 1 fully saturated rings. The van der Waals surface area contributed by atoms with E-state index in [1.807, 2.05) is 37.9 Å². The number of carbonyl (C=O) groups excluding carboxylic acids is 1. The Balaban J connectivity index is 1.92. The van der Waals surface area contributed by atoms with Crippen LogP contribution in [-0.2, 0) is 4.79 Å². The molecule has 1 aromatic rings. The first-order valence-electron chi connectivity index (χ1n) is 7.28. The molecule has 0 radical (unpaired) electrons. The lowest BCUT2D eigenvalue weighted by atomic mass is 9.98. The fourth-order valence-corrected chi connectivity index (χ4v) is 2.47. The molecule has 1 aliphatic rings. The molecule has 0 bridgehead atoms. The number of hydrogen-bond donors (Lipinski definition) is 1. The van der Waals surface area contributed by atoms with Gasteiger partial charge in [0.15, 0.2) is 0 Å². The van der Waals surface area contributed by atoms with Gasteiger partial charge in [0.25, 0.3) is 0 Å². The smallest absolute Gasteiger partial charge is 0.235 e. The number of nitriles is 1. The van der Waals surface area contributed by atoms with Gasteiger partial charge in [-0.25, -0.2) is 0 Å². The van der Waals surface area contributed by atoms with Gasteiger partial charge in [-0.2, -0.15) is 5.26 Å². The van der Waals surface area contributed by atoms with E-state index >= 15 is 0 Å². The standard InChI is InChI=1S/C16H22N4O/c1-12(13-6-8-18-9-7-13)20(3)10-15(21)19-16(2,11-17)14-4-5-14/h6-9,12,14H,4-5,10H2,1-3H3,(H,19,21). The molecule has 112 valence electrons. The van der Waals surface area contributed by atoms with Gasteiger partial charge in [0.05, 0.1) is 12.6 Å². The van der Waals surface area contributed by atoms with Crippen molar-refractivity contribution in [2.45, 2.75) is 38.3 Å². The fourth-order valence-electron chi connectivity index (χ4n) is 2.47. The van der Waals surface area contributed by atoms with Crippen molar-refractivity contribution in [3.8, 4) is 6.07 Å². The van der Waals surface area contributed by atoms with Crippen molar-refractivity contribution in [1.82, 2.24) is 15.2 Å². The molecule has 0 saturated heterocycles. The van der Waals surface area contributed by atoms with Gasteiger partial charge in [-0.15, -0.1) is 0 Å². The van der Waals surface area contributed by atoms with Crippen molar-refractivity contribution in [3.05, 3.63) is 30.1 Å². The highest BCUT2D eigenvalue weighted by molar-refractivity contribution is 5.79. The Labute approximate surface area is 126 Å². The van der Waals surface area contributed by atoms with Gasteiger partial charge >= 0.3 is 0 Å². The van der Waals surface area contributed by atoms with Crippen molar-refractivity contribution in [3.63, 3.8) is 0 Å². The highest BCUT2D eigenvalue weighted by Crippen LogP contribution is 2.39. The molecular weight excluding hydrogens is 264 g/mol. The molecule has 0 aromatic carbocycles. The Morgan fingerprint density at radius 3 is 2.71 bits per heavy atom. The molecule has 21 heavy (non-hydrogen) atoms. The third-order valence-corrected chi connectivity index (χ3v) is 4.27. The van der Waals surface area contributed by atoms with E-state index in [0.717, 1.165) is 18.4 Å². The average Bonchev–Trinajstić information content (AvgIpc) is 3.32. The van der Waals surface area contributed by atoms with Gasteiger partial charge < -0.3 is 5.32 Å². The summed E-state index contributed by atoms with van der Waals surface area (Å²) in [6.45, 7) is 4.13. The SMILES string of the molecule is CC(c1ccncc1)N(C)CC(=O)NC(C)(C#N)C1CC1. The zero-order valence-electron chi connectivity index (χ0n) is 12.8. The number of pyridine rings is 1. The third-order valence-electron chi connectivity index (χ3n) is 4.27. The van der Waals surface area contributed by atoms with E-state index in [9.17, 15) is 10.1 Å². The molecule has 0 spiro atoms. The van der Waals surface area contributed by atoms with E-state index in [1.54, 1.807) is 12.4 Å². The number of carbonyl (C=O) groups is 1. The Kier molecular flexibility index (Phi) is 4.59. The largest absolute Gasteiger partial charge is 0.337 e. The first kappa shape index (κ1) is 15.5. The second-order valence-corrected chi connectivity index (χ2v) is 6.01. The lowest BCUT2D eigenvalue weighted by Crippen LogP contribution is -2.50. The quantitative estimate of drug-likeness (QED) is 0.867. The summed E-state index contributed by atoms with van der Waals surface area (Å²) >= 11 is 0. The van der Waals surface area contributed by atoms with Gasteiger partial charge in [-0.3, -0.25) is 14.7 Å². The van der Waals surface area contributed by atoms with Crippen molar-refractivity contribution in [1.29, 1.82) is 5.26 Å². The molecule has 5 heteroatoms. The molecule has 1 saturated carbocycles. The first-order chi connectivity index (χ1) is 9.96. The highest BCUT2D eigenvalue weighted by Gasteiger charge is 2.43. The Hall–Kier alpha value is -1.93. The van der Waals surface area contributed by atoms with Crippen molar-refractivity contribution < 1.29 is 4.79 Å². The van der Waals surface area contributed by atoms with Crippen LogP contribution in [-0.4, -0.2) is 34.9 Å². The van der Waals surface area contributed by atoms with E-state index in [1.165, 1.54) is 0 Å². The minimum Gasteiger partial charge on any atom is -0.337 e. The Bertz CT molecular complexity index is 535. The van der Waals surface area contributed by atoms with Crippen LogP contribution in [0.15, 0.2) is 24.5 Å². The molecular formula is C16H22N4O. The van der Waals surface area contributed by atoms with Crippen LogP contribution in [0.5, 0.6) is 0 Å². The molecule has 2 rings (SSSR count). The molecule has 0 aliphatic heterocycles. The number of nitrogens with one attached hydrogen (secondary N) is 1. The predicted molar refractivity (Wildman–Crippen MR) is 80.2 cm³/mol. The second kappa shape index (κ2) is 6.23. The minimum absolute atomic E-state index is 0.102. The van der Waals surface area contributed by atoms with E-state index in [2.05, 4.69) is 16.4 Å². The summed E-state index contributed by atoms with van der Waals surface area (Å²) in [5.74, 6) is 0.198. The summed E-state index contributed by atoms with van der Waals surface area (Å²) in [7, 11) is 1.91. The Morgan fingerprint density at radius 1 is 1.57 bits per heavy atom. The maximum atomic E-state index is 12.2.